The highest BCUT2D eigenvalue weighted by Crippen LogP contribution is 2.20. The average Bonchev–Trinajstić information content (AvgIpc) is 2.47. The van der Waals surface area contributed by atoms with Gasteiger partial charge in [-0.2, -0.15) is 0 Å². The molecule has 130 valence electrons. The van der Waals surface area contributed by atoms with Crippen LogP contribution < -0.4 is 5.73 Å². The topological polar surface area (TPSA) is 97.5 Å². The number of halogens is 1. The predicted octanol–water partition coefficient (Wildman–Crippen LogP) is 2.08. The lowest BCUT2D eigenvalue weighted by Gasteiger charge is -2.25. The Morgan fingerprint density at radius 2 is 1.58 bits per heavy atom. The second-order valence-electron chi connectivity index (χ2n) is 5.72. The maximum Gasteiger partial charge on any atom is 0.324 e. The number of rotatable bonds is 6. The van der Waals surface area contributed by atoms with E-state index < -0.39 is 21.3 Å². The van der Waals surface area contributed by atoms with Crippen LogP contribution in [0.1, 0.15) is 11.1 Å². The van der Waals surface area contributed by atoms with Crippen LogP contribution in [0.3, 0.4) is 0 Å². The highest BCUT2D eigenvalue weighted by Gasteiger charge is 2.34. The van der Waals surface area contributed by atoms with E-state index in [1.807, 2.05) is 30.3 Å². The Labute approximate surface area is 147 Å². The standard InChI is InChI=1S/C17H19NO4S.ClH/c1-23(21,22)15-9-5-8-14(10-15)12-17(18,16(19)20)11-13-6-3-2-4-7-13;/h2-10H,11-12,18H2,1H3,(H,19,20);1H. The van der Waals surface area contributed by atoms with Crippen molar-refractivity contribution < 1.29 is 18.3 Å². The minimum Gasteiger partial charge on any atom is -0.480 e. The molecule has 2 aromatic carbocycles. The Kier molecular flexibility index (Phi) is 6.54. The van der Waals surface area contributed by atoms with E-state index >= 15 is 0 Å². The van der Waals surface area contributed by atoms with Crippen molar-refractivity contribution in [3.63, 3.8) is 0 Å². The van der Waals surface area contributed by atoms with Gasteiger partial charge in [0, 0.05) is 19.1 Å². The number of carbonyl (C=O) groups is 1. The highest BCUT2D eigenvalue weighted by atomic mass is 35.5. The van der Waals surface area contributed by atoms with Crippen molar-refractivity contribution in [2.75, 3.05) is 6.26 Å². The first-order valence-electron chi connectivity index (χ1n) is 7.06. The van der Waals surface area contributed by atoms with Gasteiger partial charge in [0.1, 0.15) is 5.54 Å². The second-order valence-corrected chi connectivity index (χ2v) is 7.74. The van der Waals surface area contributed by atoms with E-state index in [0.29, 0.717) is 5.56 Å². The summed E-state index contributed by atoms with van der Waals surface area (Å²) in [6, 6.07) is 15.4. The van der Waals surface area contributed by atoms with Crippen molar-refractivity contribution >= 4 is 28.2 Å². The minimum absolute atomic E-state index is 0. The van der Waals surface area contributed by atoms with Crippen LogP contribution in [0.2, 0.25) is 0 Å². The summed E-state index contributed by atoms with van der Waals surface area (Å²) in [7, 11) is -3.35. The molecule has 1 atom stereocenters. The largest absolute Gasteiger partial charge is 0.480 e. The molecular formula is C17H20ClNO4S. The van der Waals surface area contributed by atoms with Gasteiger partial charge in [-0.3, -0.25) is 4.79 Å². The molecule has 0 aliphatic heterocycles. The summed E-state index contributed by atoms with van der Waals surface area (Å²) < 4.78 is 23.3. The summed E-state index contributed by atoms with van der Waals surface area (Å²) >= 11 is 0. The molecule has 0 spiro atoms. The van der Waals surface area contributed by atoms with Crippen molar-refractivity contribution in [3.05, 3.63) is 65.7 Å². The monoisotopic (exact) mass is 369 g/mol. The molecule has 0 saturated heterocycles. The average molecular weight is 370 g/mol. The fraction of sp³-hybridized carbons (Fsp3) is 0.235. The Bertz CT molecular complexity index is 808. The highest BCUT2D eigenvalue weighted by molar-refractivity contribution is 7.90. The molecule has 1 unspecified atom stereocenters. The van der Waals surface area contributed by atoms with Gasteiger partial charge in [0.2, 0.25) is 0 Å². The lowest BCUT2D eigenvalue weighted by Crippen LogP contribution is -2.51. The van der Waals surface area contributed by atoms with Gasteiger partial charge in [0.05, 0.1) is 4.90 Å². The fourth-order valence-corrected chi connectivity index (χ4v) is 3.12. The minimum atomic E-state index is -3.35. The molecule has 0 bridgehead atoms. The van der Waals surface area contributed by atoms with Crippen LogP contribution in [0.15, 0.2) is 59.5 Å². The molecule has 0 aliphatic rings. The summed E-state index contributed by atoms with van der Waals surface area (Å²) in [4.78, 5) is 11.8. The molecule has 7 heteroatoms. The van der Waals surface area contributed by atoms with Gasteiger partial charge < -0.3 is 10.8 Å². The van der Waals surface area contributed by atoms with Crippen molar-refractivity contribution in [2.45, 2.75) is 23.3 Å². The molecule has 2 rings (SSSR count). The first-order chi connectivity index (χ1) is 10.7. The first kappa shape index (κ1) is 20.2. The van der Waals surface area contributed by atoms with Gasteiger partial charge in [0.25, 0.3) is 0 Å². The Morgan fingerprint density at radius 3 is 2.12 bits per heavy atom. The van der Waals surface area contributed by atoms with Gasteiger partial charge >= 0.3 is 5.97 Å². The van der Waals surface area contributed by atoms with Crippen molar-refractivity contribution in [1.82, 2.24) is 0 Å². The summed E-state index contributed by atoms with van der Waals surface area (Å²) in [5.41, 5.74) is 6.01. The predicted molar refractivity (Wildman–Crippen MR) is 95.2 cm³/mol. The SMILES string of the molecule is CS(=O)(=O)c1cccc(CC(N)(Cc2ccccc2)C(=O)O)c1.Cl. The zero-order chi connectivity index (χ0) is 17.1. The van der Waals surface area contributed by atoms with Crippen LogP contribution in [0.5, 0.6) is 0 Å². The number of carboxylic acid groups (broad SMARTS) is 1. The van der Waals surface area contributed by atoms with Crippen LogP contribution >= 0.6 is 12.4 Å². The molecule has 24 heavy (non-hydrogen) atoms. The third kappa shape index (κ3) is 5.06. The van der Waals surface area contributed by atoms with Gasteiger partial charge in [-0.15, -0.1) is 12.4 Å². The zero-order valence-corrected chi connectivity index (χ0v) is 14.8. The molecule has 0 aromatic heterocycles. The molecular weight excluding hydrogens is 350 g/mol. The van der Waals surface area contributed by atoms with Gasteiger partial charge in [-0.1, -0.05) is 42.5 Å². The third-order valence-electron chi connectivity index (χ3n) is 3.63. The summed E-state index contributed by atoms with van der Waals surface area (Å²) in [5, 5.41) is 9.54. The van der Waals surface area contributed by atoms with E-state index in [1.54, 1.807) is 12.1 Å². The maximum atomic E-state index is 11.7. The molecule has 5 nitrogen and oxygen atoms in total. The molecule has 0 fully saturated rings. The van der Waals surface area contributed by atoms with Crippen LogP contribution in [-0.2, 0) is 27.5 Å². The number of benzene rings is 2. The molecule has 0 heterocycles. The number of aliphatic carboxylic acids is 1. The Balaban J connectivity index is 0.00000288. The number of nitrogens with two attached hydrogens (primary N) is 1. The molecule has 0 amide bonds. The van der Waals surface area contributed by atoms with E-state index in [9.17, 15) is 18.3 Å². The Morgan fingerprint density at radius 1 is 1.04 bits per heavy atom. The van der Waals surface area contributed by atoms with Gasteiger partial charge in [-0.05, 0) is 23.3 Å². The van der Waals surface area contributed by atoms with E-state index in [2.05, 4.69) is 0 Å². The summed E-state index contributed by atoms with van der Waals surface area (Å²) in [6.07, 6.45) is 1.32. The van der Waals surface area contributed by atoms with Crippen LogP contribution in [0.4, 0.5) is 0 Å². The quantitative estimate of drug-likeness (QED) is 0.812. The lowest BCUT2D eigenvalue weighted by atomic mass is 9.85. The normalized spacial score (nSPS) is 13.6. The number of sulfone groups is 1. The molecule has 0 aliphatic carbocycles. The second kappa shape index (κ2) is 7.79. The lowest BCUT2D eigenvalue weighted by molar-refractivity contribution is -0.143. The first-order valence-corrected chi connectivity index (χ1v) is 8.95. The Hall–Kier alpha value is -1.89. The van der Waals surface area contributed by atoms with E-state index in [1.165, 1.54) is 12.1 Å². The van der Waals surface area contributed by atoms with E-state index in [4.69, 9.17) is 5.73 Å². The van der Waals surface area contributed by atoms with Crippen LogP contribution in [0, 0.1) is 0 Å². The van der Waals surface area contributed by atoms with Crippen molar-refractivity contribution in [3.8, 4) is 0 Å². The van der Waals surface area contributed by atoms with Crippen molar-refractivity contribution in [1.29, 1.82) is 0 Å². The number of carboxylic acids is 1. The van der Waals surface area contributed by atoms with Gasteiger partial charge in [0.15, 0.2) is 9.84 Å². The van der Waals surface area contributed by atoms with Crippen molar-refractivity contribution in [2.24, 2.45) is 5.73 Å². The van der Waals surface area contributed by atoms with Crippen LogP contribution in [0.25, 0.3) is 0 Å². The molecule has 0 saturated carbocycles. The maximum absolute atomic E-state index is 11.7. The number of hydrogen-bond acceptors (Lipinski definition) is 4. The summed E-state index contributed by atoms with van der Waals surface area (Å²) in [6.45, 7) is 0. The summed E-state index contributed by atoms with van der Waals surface area (Å²) in [5.74, 6) is -1.12. The smallest absolute Gasteiger partial charge is 0.324 e. The van der Waals surface area contributed by atoms with E-state index in [-0.39, 0.29) is 30.1 Å². The molecule has 0 radical (unpaired) electrons. The molecule has 2 aromatic rings. The van der Waals surface area contributed by atoms with Crippen LogP contribution in [-0.4, -0.2) is 31.3 Å². The van der Waals surface area contributed by atoms with E-state index in [0.717, 1.165) is 11.8 Å². The molecule has 3 N–H and O–H groups in total. The third-order valence-corrected chi connectivity index (χ3v) is 4.74. The van der Waals surface area contributed by atoms with Gasteiger partial charge in [-0.25, -0.2) is 8.42 Å². The fourth-order valence-electron chi connectivity index (χ4n) is 2.42. The zero-order valence-electron chi connectivity index (χ0n) is 13.2. The number of hydrogen-bond donors (Lipinski definition) is 2.